The Balaban J connectivity index is 1.13. The van der Waals surface area contributed by atoms with Crippen LogP contribution in [0.15, 0.2) is 152 Å². The predicted octanol–water partition coefficient (Wildman–Crippen LogP) is 10.6. The molecule has 0 spiro atoms. The molecule has 204 valence electrons. The summed E-state index contributed by atoms with van der Waals surface area (Å²) in [4.78, 5) is 14.6. The molecule has 3 heteroatoms. The van der Waals surface area contributed by atoms with Gasteiger partial charge in [0.15, 0.2) is 0 Å². The molecule has 0 saturated heterocycles. The van der Waals surface area contributed by atoms with E-state index in [-0.39, 0.29) is 0 Å². The summed E-state index contributed by atoms with van der Waals surface area (Å²) in [5.41, 5.74) is 7.87. The van der Waals surface area contributed by atoms with Crippen molar-refractivity contribution in [2.24, 2.45) is 0 Å². The molecule has 0 N–H and O–H groups in total. The van der Waals surface area contributed by atoms with Crippen molar-refractivity contribution in [3.8, 4) is 33.8 Å². The van der Waals surface area contributed by atoms with Crippen LogP contribution in [0.25, 0.3) is 87.9 Å². The summed E-state index contributed by atoms with van der Waals surface area (Å²) < 4.78 is 0. The summed E-state index contributed by atoms with van der Waals surface area (Å²) in [5, 5.41) is 9.86. The van der Waals surface area contributed by atoms with Crippen molar-refractivity contribution in [3.05, 3.63) is 152 Å². The monoisotopic (exact) mass is 559 g/mol. The maximum absolute atomic E-state index is 5.13. The molecule has 0 bridgehead atoms. The van der Waals surface area contributed by atoms with E-state index in [1.54, 1.807) is 6.20 Å². The molecule has 3 heterocycles. The number of aromatic nitrogens is 3. The van der Waals surface area contributed by atoms with Gasteiger partial charge in [0.25, 0.3) is 0 Å². The van der Waals surface area contributed by atoms with Crippen molar-refractivity contribution in [2.45, 2.75) is 0 Å². The second kappa shape index (κ2) is 9.82. The number of rotatable bonds is 3. The first-order valence-corrected chi connectivity index (χ1v) is 14.9. The molecule has 0 aliphatic rings. The van der Waals surface area contributed by atoms with Gasteiger partial charge in [-0.3, -0.25) is 4.98 Å². The Morgan fingerprint density at radius 1 is 0.318 bits per heavy atom. The molecule has 0 aliphatic heterocycles. The Bertz CT molecular complexity index is 2500. The Labute approximate surface area is 254 Å². The van der Waals surface area contributed by atoms with E-state index in [4.69, 9.17) is 9.97 Å². The van der Waals surface area contributed by atoms with E-state index in [2.05, 4.69) is 126 Å². The third-order valence-corrected chi connectivity index (χ3v) is 8.71. The van der Waals surface area contributed by atoms with Gasteiger partial charge in [0, 0.05) is 22.5 Å². The van der Waals surface area contributed by atoms with Crippen LogP contribution in [0.3, 0.4) is 0 Å². The highest BCUT2D eigenvalue weighted by Crippen LogP contribution is 2.37. The fraction of sp³-hybridized carbons (Fsp3) is 0. The van der Waals surface area contributed by atoms with Gasteiger partial charge in [0.1, 0.15) is 0 Å². The van der Waals surface area contributed by atoms with Crippen LogP contribution in [0, 0.1) is 0 Å². The lowest BCUT2D eigenvalue weighted by molar-refractivity contribution is 1.27. The largest absolute Gasteiger partial charge is 0.255 e. The van der Waals surface area contributed by atoms with E-state index in [1.165, 1.54) is 43.4 Å². The van der Waals surface area contributed by atoms with Gasteiger partial charge in [-0.05, 0) is 73.8 Å². The smallest absolute Gasteiger partial charge is 0.0973 e. The highest BCUT2D eigenvalue weighted by molar-refractivity contribution is 6.25. The number of benzene rings is 6. The van der Waals surface area contributed by atoms with Crippen LogP contribution in [0.5, 0.6) is 0 Å². The van der Waals surface area contributed by atoms with Crippen molar-refractivity contribution >= 4 is 54.1 Å². The fourth-order valence-electron chi connectivity index (χ4n) is 6.51. The summed E-state index contributed by atoms with van der Waals surface area (Å²) in [6, 6.07) is 51.5. The van der Waals surface area contributed by atoms with Gasteiger partial charge in [0.05, 0.1) is 28.1 Å². The minimum Gasteiger partial charge on any atom is -0.255 e. The van der Waals surface area contributed by atoms with Crippen molar-refractivity contribution < 1.29 is 0 Å². The van der Waals surface area contributed by atoms with Gasteiger partial charge in [-0.2, -0.15) is 0 Å². The van der Waals surface area contributed by atoms with Gasteiger partial charge >= 0.3 is 0 Å². The quantitative estimate of drug-likeness (QED) is 0.202. The van der Waals surface area contributed by atoms with Crippen LogP contribution in [0.1, 0.15) is 0 Å². The van der Waals surface area contributed by atoms with E-state index >= 15 is 0 Å². The average Bonchev–Trinajstić information content (AvgIpc) is 3.11. The van der Waals surface area contributed by atoms with Crippen molar-refractivity contribution in [3.63, 3.8) is 0 Å². The van der Waals surface area contributed by atoms with Gasteiger partial charge < -0.3 is 0 Å². The number of fused-ring (bicyclic) bond motifs is 9. The molecule has 3 nitrogen and oxygen atoms in total. The molecule has 0 saturated carbocycles. The zero-order valence-corrected chi connectivity index (χ0v) is 23.8. The van der Waals surface area contributed by atoms with E-state index in [0.29, 0.717) is 0 Å². The summed E-state index contributed by atoms with van der Waals surface area (Å²) in [5.74, 6) is 0. The summed E-state index contributed by atoms with van der Waals surface area (Å²) >= 11 is 0. The Hall–Kier alpha value is -5.93. The molecule has 6 aromatic carbocycles. The number of pyridine rings is 3. The molecule has 44 heavy (non-hydrogen) atoms. The second-order valence-electron chi connectivity index (χ2n) is 11.2. The molecule has 3 aromatic heterocycles. The van der Waals surface area contributed by atoms with Gasteiger partial charge in [-0.15, -0.1) is 0 Å². The zero-order valence-electron chi connectivity index (χ0n) is 23.8. The lowest BCUT2D eigenvalue weighted by atomic mass is 9.92. The number of nitrogens with zero attached hydrogens (tertiary/aromatic N) is 3. The maximum atomic E-state index is 5.13. The molecule has 0 fully saturated rings. The maximum Gasteiger partial charge on any atom is 0.0973 e. The molecule has 0 aliphatic carbocycles. The molecule has 9 aromatic rings. The summed E-state index contributed by atoms with van der Waals surface area (Å²) in [6.45, 7) is 0. The normalized spacial score (nSPS) is 11.6. The Kier molecular flexibility index (Phi) is 5.50. The highest BCUT2D eigenvalue weighted by atomic mass is 14.8. The lowest BCUT2D eigenvalue weighted by Crippen LogP contribution is -1.92. The van der Waals surface area contributed by atoms with E-state index in [0.717, 1.165) is 44.5 Å². The lowest BCUT2D eigenvalue weighted by Gasteiger charge is -2.12. The van der Waals surface area contributed by atoms with Crippen molar-refractivity contribution in [2.75, 3.05) is 0 Å². The Morgan fingerprint density at radius 2 is 0.818 bits per heavy atom. The first-order chi connectivity index (χ1) is 21.8. The van der Waals surface area contributed by atoms with Crippen LogP contribution in [0.4, 0.5) is 0 Å². The van der Waals surface area contributed by atoms with Crippen molar-refractivity contribution in [1.29, 1.82) is 0 Å². The van der Waals surface area contributed by atoms with Gasteiger partial charge in [0.2, 0.25) is 0 Å². The average molecular weight is 560 g/mol. The standard InChI is InChI=1S/C41H25N3/c1-2-9-33-31(7-1)32-8-3-4-10-34(32)36-25-30(18-21-35(33)36)26-12-14-27(15-13-26)37-22-19-28-16-17-29-20-23-39(38-11-5-6-24-42-38)44-41(29)40(28)43-37/h1-25H. The van der Waals surface area contributed by atoms with E-state index in [9.17, 15) is 0 Å². The SMILES string of the molecule is c1ccc(-c2ccc3ccc4ccc(-c5ccc(-c6ccc7c8ccccc8c8ccccc8c7c6)cc5)nc4c3n2)nc1. The molecule has 9 rings (SSSR count). The predicted molar refractivity (Wildman–Crippen MR) is 184 cm³/mol. The third-order valence-electron chi connectivity index (χ3n) is 8.71. The second-order valence-corrected chi connectivity index (χ2v) is 11.2. The first-order valence-electron chi connectivity index (χ1n) is 14.9. The van der Waals surface area contributed by atoms with Crippen LogP contribution < -0.4 is 0 Å². The minimum atomic E-state index is 0.846. The fourth-order valence-corrected chi connectivity index (χ4v) is 6.51. The molecular weight excluding hydrogens is 534 g/mol. The number of hydrogen-bond acceptors (Lipinski definition) is 3. The van der Waals surface area contributed by atoms with E-state index < -0.39 is 0 Å². The Morgan fingerprint density at radius 3 is 1.45 bits per heavy atom. The van der Waals surface area contributed by atoms with E-state index in [1.807, 2.05) is 24.3 Å². The summed E-state index contributed by atoms with van der Waals surface area (Å²) in [6.07, 6.45) is 1.80. The topological polar surface area (TPSA) is 38.7 Å². The highest BCUT2D eigenvalue weighted by Gasteiger charge is 2.12. The molecule has 0 unspecified atom stereocenters. The molecule has 0 radical (unpaired) electrons. The third kappa shape index (κ3) is 3.94. The minimum absolute atomic E-state index is 0.846. The van der Waals surface area contributed by atoms with Crippen LogP contribution in [-0.4, -0.2) is 15.0 Å². The van der Waals surface area contributed by atoms with Crippen LogP contribution in [-0.2, 0) is 0 Å². The number of hydrogen-bond donors (Lipinski definition) is 0. The van der Waals surface area contributed by atoms with Gasteiger partial charge in [-0.25, -0.2) is 9.97 Å². The van der Waals surface area contributed by atoms with Crippen LogP contribution in [0.2, 0.25) is 0 Å². The molecule has 0 atom stereocenters. The molecule has 0 amide bonds. The first kappa shape index (κ1) is 24.6. The zero-order chi connectivity index (χ0) is 29.0. The molecular formula is C41H25N3. The summed E-state index contributed by atoms with van der Waals surface area (Å²) in [7, 11) is 0. The van der Waals surface area contributed by atoms with Gasteiger partial charge in [-0.1, -0.05) is 115 Å². The van der Waals surface area contributed by atoms with Crippen LogP contribution >= 0.6 is 0 Å². The van der Waals surface area contributed by atoms with Crippen molar-refractivity contribution in [1.82, 2.24) is 15.0 Å².